The van der Waals surface area contributed by atoms with E-state index in [-0.39, 0.29) is 5.91 Å². The summed E-state index contributed by atoms with van der Waals surface area (Å²) >= 11 is 0. The number of hydrazine groups is 1. The average Bonchev–Trinajstić information content (AvgIpc) is 2.70. The van der Waals surface area contributed by atoms with Crippen molar-refractivity contribution in [3.05, 3.63) is 0 Å². The van der Waals surface area contributed by atoms with E-state index in [9.17, 15) is 4.79 Å². The normalized spacial score (nSPS) is 40.3. The third-order valence-electron chi connectivity index (χ3n) is 4.71. The Kier molecular flexibility index (Phi) is 2.06. The third kappa shape index (κ3) is 1.19. The topological polar surface area (TPSA) is 23.6 Å². The third-order valence-corrected chi connectivity index (χ3v) is 4.71. The molecular weight excluding hydrogens is 188 g/mol. The van der Waals surface area contributed by atoms with E-state index in [1.807, 2.05) is 5.01 Å². The molecule has 3 aliphatic rings. The Morgan fingerprint density at radius 3 is 2.87 bits per heavy atom. The van der Waals surface area contributed by atoms with Crippen LogP contribution in [0.4, 0.5) is 0 Å². The van der Waals surface area contributed by atoms with Crippen molar-refractivity contribution in [2.75, 3.05) is 13.1 Å². The van der Waals surface area contributed by atoms with Gasteiger partial charge in [-0.3, -0.25) is 9.80 Å². The van der Waals surface area contributed by atoms with E-state index in [1.54, 1.807) is 6.92 Å². The molecule has 2 atom stereocenters. The molecule has 1 saturated carbocycles. The van der Waals surface area contributed by atoms with E-state index in [0.29, 0.717) is 5.54 Å². The van der Waals surface area contributed by atoms with E-state index in [0.717, 1.165) is 19.0 Å². The number of hydrogen-bond donors (Lipinski definition) is 0. The van der Waals surface area contributed by atoms with Crippen LogP contribution < -0.4 is 0 Å². The summed E-state index contributed by atoms with van der Waals surface area (Å²) in [7, 11) is 0. The minimum atomic E-state index is 0.241. The molecule has 3 heteroatoms. The minimum absolute atomic E-state index is 0.241. The molecule has 2 aliphatic heterocycles. The molecule has 1 amide bonds. The van der Waals surface area contributed by atoms with Crippen LogP contribution in [0.3, 0.4) is 0 Å². The first-order valence-corrected chi connectivity index (χ1v) is 6.30. The molecule has 15 heavy (non-hydrogen) atoms. The molecule has 0 radical (unpaired) electrons. The molecule has 0 bridgehead atoms. The second kappa shape index (κ2) is 3.21. The van der Waals surface area contributed by atoms with Crippen LogP contribution in [-0.4, -0.2) is 34.6 Å². The number of carbonyl (C=O) groups is 1. The van der Waals surface area contributed by atoms with Gasteiger partial charge in [0.05, 0.1) is 0 Å². The van der Waals surface area contributed by atoms with Crippen LogP contribution in [0, 0.1) is 5.92 Å². The number of carbonyl (C=O) groups excluding carboxylic acids is 1. The fourth-order valence-electron chi connectivity index (χ4n) is 4.07. The highest BCUT2D eigenvalue weighted by molar-refractivity contribution is 5.73. The van der Waals surface area contributed by atoms with Gasteiger partial charge in [-0.15, -0.1) is 0 Å². The summed E-state index contributed by atoms with van der Waals surface area (Å²) in [5.41, 5.74) is 0.393. The summed E-state index contributed by atoms with van der Waals surface area (Å²) in [6.07, 6.45) is 7.97. The van der Waals surface area contributed by atoms with Crippen molar-refractivity contribution in [1.29, 1.82) is 0 Å². The first-order valence-electron chi connectivity index (χ1n) is 6.30. The quantitative estimate of drug-likeness (QED) is 0.606. The molecule has 3 nitrogen and oxygen atoms in total. The lowest BCUT2D eigenvalue weighted by Gasteiger charge is -2.44. The zero-order chi connectivity index (χ0) is 10.5. The zero-order valence-corrected chi connectivity index (χ0v) is 9.54. The molecule has 0 aromatic rings. The van der Waals surface area contributed by atoms with Gasteiger partial charge in [-0.2, -0.15) is 0 Å². The highest BCUT2D eigenvalue weighted by atomic mass is 16.2. The summed E-state index contributed by atoms with van der Waals surface area (Å²) in [4.78, 5) is 11.6. The molecule has 0 aromatic carbocycles. The van der Waals surface area contributed by atoms with Gasteiger partial charge in [0, 0.05) is 25.6 Å². The molecule has 3 fully saturated rings. The SMILES string of the molecule is CC(=O)N1CC2CCC[C@]23CCCCN13. The van der Waals surface area contributed by atoms with E-state index >= 15 is 0 Å². The van der Waals surface area contributed by atoms with E-state index < -0.39 is 0 Å². The monoisotopic (exact) mass is 208 g/mol. The summed E-state index contributed by atoms with van der Waals surface area (Å²) in [6, 6.07) is 0. The summed E-state index contributed by atoms with van der Waals surface area (Å²) in [6.45, 7) is 3.81. The van der Waals surface area contributed by atoms with Crippen LogP contribution in [0.15, 0.2) is 0 Å². The van der Waals surface area contributed by atoms with Crippen molar-refractivity contribution >= 4 is 5.91 Å². The Balaban J connectivity index is 1.93. The lowest BCUT2D eigenvalue weighted by molar-refractivity contribution is -0.151. The second-order valence-electron chi connectivity index (χ2n) is 5.37. The first-order chi connectivity index (χ1) is 7.24. The Labute approximate surface area is 91.4 Å². The van der Waals surface area contributed by atoms with Gasteiger partial charge in [-0.1, -0.05) is 12.8 Å². The lowest BCUT2D eigenvalue weighted by Crippen LogP contribution is -2.54. The predicted octanol–water partition coefficient (Wildman–Crippen LogP) is 1.79. The lowest BCUT2D eigenvalue weighted by atomic mass is 9.81. The Bertz CT molecular complexity index is 291. The van der Waals surface area contributed by atoms with Crippen molar-refractivity contribution in [2.45, 2.75) is 51.0 Å². The smallest absolute Gasteiger partial charge is 0.233 e. The fraction of sp³-hybridized carbons (Fsp3) is 0.917. The molecule has 1 unspecified atom stereocenters. The van der Waals surface area contributed by atoms with Crippen LogP contribution in [0.5, 0.6) is 0 Å². The molecule has 1 aliphatic carbocycles. The predicted molar refractivity (Wildman–Crippen MR) is 58.0 cm³/mol. The zero-order valence-electron chi connectivity index (χ0n) is 9.54. The van der Waals surface area contributed by atoms with Crippen molar-refractivity contribution in [3.63, 3.8) is 0 Å². The number of amides is 1. The van der Waals surface area contributed by atoms with Crippen LogP contribution in [0.25, 0.3) is 0 Å². The highest BCUT2D eigenvalue weighted by Gasteiger charge is 2.56. The summed E-state index contributed by atoms with van der Waals surface area (Å²) < 4.78 is 0. The number of rotatable bonds is 0. The molecular formula is C12H20N2O. The largest absolute Gasteiger partial charge is 0.275 e. The van der Waals surface area contributed by atoms with Crippen LogP contribution in [0.2, 0.25) is 0 Å². The van der Waals surface area contributed by atoms with Crippen molar-refractivity contribution in [3.8, 4) is 0 Å². The van der Waals surface area contributed by atoms with E-state index in [2.05, 4.69) is 5.01 Å². The maximum atomic E-state index is 11.6. The van der Waals surface area contributed by atoms with Crippen LogP contribution >= 0.6 is 0 Å². The standard InChI is InChI=1S/C12H20N2O/c1-10(15)13-9-11-5-4-7-12(11)6-2-3-8-14(12)13/h11H,2-9H2,1H3/t11?,12-/m1/s1. The molecule has 84 valence electrons. The van der Waals surface area contributed by atoms with Crippen molar-refractivity contribution in [1.82, 2.24) is 10.0 Å². The van der Waals surface area contributed by atoms with Gasteiger partial charge in [0.2, 0.25) is 5.91 Å². The number of piperidine rings is 1. The van der Waals surface area contributed by atoms with Crippen LogP contribution in [0.1, 0.15) is 45.4 Å². The molecule has 1 spiro atoms. The van der Waals surface area contributed by atoms with Crippen molar-refractivity contribution in [2.24, 2.45) is 5.92 Å². The number of hydrogen-bond acceptors (Lipinski definition) is 2. The Morgan fingerprint density at radius 1 is 1.27 bits per heavy atom. The second-order valence-corrected chi connectivity index (χ2v) is 5.37. The maximum Gasteiger partial charge on any atom is 0.233 e. The van der Waals surface area contributed by atoms with Gasteiger partial charge in [0.1, 0.15) is 0 Å². The maximum absolute atomic E-state index is 11.6. The Hall–Kier alpha value is -0.570. The minimum Gasteiger partial charge on any atom is -0.275 e. The van der Waals surface area contributed by atoms with Gasteiger partial charge in [-0.25, -0.2) is 5.01 Å². The van der Waals surface area contributed by atoms with Gasteiger partial charge >= 0.3 is 0 Å². The number of nitrogens with zero attached hydrogens (tertiary/aromatic N) is 2. The van der Waals surface area contributed by atoms with Gasteiger partial charge in [0.25, 0.3) is 0 Å². The van der Waals surface area contributed by atoms with Gasteiger partial charge in [0.15, 0.2) is 0 Å². The molecule has 2 saturated heterocycles. The van der Waals surface area contributed by atoms with Gasteiger partial charge in [-0.05, 0) is 31.6 Å². The first kappa shape index (κ1) is 9.64. The van der Waals surface area contributed by atoms with Gasteiger partial charge < -0.3 is 0 Å². The van der Waals surface area contributed by atoms with E-state index in [4.69, 9.17) is 0 Å². The molecule has 2 heterocycles. The molecule has 3 rings (SSSR count). The molecule has 0 N–H and O–H groups in total. The highest BCUT2D eigenvalue weighted by Crippen LogP contribution is 2.51. The average molecular weight is 208 g/mol. The van der Waals surface area contributed by atoms with E-state index in [1.165, 1.54) is 38.5 Å². The molecule has 0 aromatic heterocycles. The Morgan fingerprint density at radius 2 is 2.07 bits per heavy atom. The summed E-state index contributed by atoms with van der Waals surface area (Å²) in [5.74, 6) is 1.01. The van der Waals surface area contributed by atoms with Crippen molar-refractivity contribution < 1.29 is 4.79 Å². The summed E-state index contributed by atoms with van der Waals surface area (Å²) in [5, 5.41) is 4.46. The van der Waals surface area contributed by atoms with Crippen LogP contribution in [-0.2, 0) is 4.79 Å². The fourth-order valence-corrected chi connectivity index (χ4v) is 4.07.